The number of anilines is 2. The van der Waals surface area contributed by atoms with Crippen molar-refractivity contribution < 1.29 is 9.47 Å². The molecule has 1 aromatic carbocycles. The highest BCUT2D eigenvalue weighted by Crippen LogP contribution is 2.27. The van der Waals surface area contributed by atoms with Gasteiger partial charge in [-0.15, -0.1) is 0 Å². The zero-order valence-electron chi connectivity index (χ0n) is 15.5. The van der Waals surface area contributed by atoms with E-state index in [0.29, 0.717) is 17.3 Å². The van der Waals surface area contributed by atoms with Crippen LogP contribution in [0.1, 0.15) is 30.7 Å². The number of ether oxygens (including phenoxy) is 2. The fraction of sp³-hybridized carbons (Fsp3) is 0.421. The SMILES string of the molecule is COc1ccc(/C=N/Nc2cc(N3CCCCC3)nc(C)n2)cc1OC. The van der Waals surface area contributed by atoms with Crippen LogP contribution < -0.4 is 19.8 Å². The van der Waals surface area contributed by atoms with Gasteiger partial charge in [-0.05, 0) is 49.9 Å². The zero-order valence-corrected chi connectivity index (χ0v) is 15.5. The Kier molecular flexibility index (Phi) is 5.88. The molecule has 0 saturated carbocycles. The van der Waals surface area contributed by atoms with Crippen molar-refractivity contribution in [2.45, 2.75) is 26.2 Å². The molecule has 7 heteroatoms. The number of piperidine rings is 1. The van der Waals surface area contributed by atoms with Crippen molar-refractivity contribution in [1.29, 1.82) is 0 Å². The third-order valence-electron chi connectivity index (χ3n) is 4.30. The Morgan fingerprint density at radius 2 is 1.81 bits per heavy atom. The first kappa shape index (κ1) is 18.0. The van der Waals surface area contributed by atoms with Gasteiger partial charge in [0.05, 0.1) is 20.4 Å². The maximum atomic E-state index is 5.31. The average Bonchev–Trinajstić information content (AvgIpc) is 2.68. The maximum Gasteiger partial charge on any atom is 0.161 e. The van der Waals surface area contributed by atoms with E-state index in [-0.39, 0.29) is 0 Å². The molecule has 1 aliphatic heterocycles. The second-order valence-corrected chi connectivity index (χ2v) is 6.19. The molecular weight excluding hydrogens is 330 g/mol. The Labute approximate surface area is 154 Å². The van der Waals surface area contributed by atoms with E-state index in [1.165, 1.54) is 19.3 Å². The van der Waals surface area contributed by atoms with Crippen molar-refractivity contribution in [3.63, 3.8) is 0 Å². The quantitative estimate of drug-likeness (QED) is 0.633. The molecule has 1 saturated heterocycles. The fourth-order valence-corrected chi connectivity index (χ4v) is 3.00. The summed E-state index contributed by atoms with van der Waals surface area (Å²) >= 11 is 0. The molecule has 138 valence electrons. The number of methoxy groups -OCH3 is 2. The average molecular weight is 355 g/mol. The topological polar surface area (TPSA) is 71.9 Å². The minimum atomic E-state index is 0.668. The molecule has 1 N–H and O–H groups in total. The van der Waals surface area contributed by atoms with Gasteiger partial charge in [0.1, 0.15) is 11.6 Å². The molecule has 2 heterocycles. The van der Waals surface area contributed by atoms with Crippen LogP contribution in [-0.2, 0) is 0 Å². The van der Waals surface area contributed by atoms with E-state index in [2.05, 4.69) is 25.4 Å². The molecule has 0 unspecified atom stereocenters. The highest BCUT2D eigenvalue weighted by Gasteiger charge is 2.13. The molecule has 1 fully saturated rings. The molecule has 0 radical (unpaired) electrons. The normalized spacial score (nSPS) is 14.5. The van der Waals surface area contributed by atoms with Crippen LogP contribution in [0.15, 0.2) is 29.4 Å². The van der Waals surface area contributed by atoms with E-state index >= 15 is 0 Å². The van der Waals surface area contributed by atoms with Gasteiger partial charge in [0.25, 0.3) is 0 Å². The number of hydrazone groups is 1. The summed E-state index contributed by atoms with van der Waals surface area (Å²) in [7, 11) is 3.23. The molecule has 0 aliphatic carbocycles. The molecule has 1 aliphatic rings. The van der Waals surface area contributed by atoms with Gasteiger partial charge in [-0.1, -0.05) is 0 Å². The van der Waals surface area contributed by atoms with Crippen LogP contribution in [-0.4, -0.2) is 43.5 Å². The maximum absolute atomic E-state index is 5.31. The third-order valence-corrected chi connectivity index (χ3v) is 4.30. The van der Waals surface area contributed by atoms with Crippen LogP contribution in [0, 0.1) is 6.92 Å². The van der Waals surface area contributed by atoms with Gasteiger partial charge >= 0.3 is 0 Å². The smallest absolute Gasteiger partial charge is 0.161 e. The van der Waals surface area contributed by atoms with Gasteiger partial charge in [-0.2, -0.15) is 5.10 Å². The summed E-state index contributed by atoms with van der Waals surface area (Å²) in [5.74, 6) is 3.74. The molecule has 7 nitrogen and oxygen atoms in total. The third kappa shape index (κ3) is 4.41. The summed E-state index contributed by atoms with van der Waals surface area (Å²) in [6.45, 7) is 3.99. The Balaban J connectivity index is 1.71. The first-order valence-electron chi connectivity index (χ1n) is 8.81. The molecule has 0 amide bonds. The molecule has 26 heavy (non-hydrogen) atoms. The predicted octanol–water partition coefficient (Wildman–Crippen LogP) is 3.24. The van der Waals surface area contributed by atoms with E-state index in [4.69, 9.17) is 9.47 Å². The van der Waals surface area contributed by atoms with E-state index in [1.54, 1.807) is 20.4 Å². The van der Waals surface area contributed by atoms with Crippen molar-refractivity contribution in [2.75, 3.05) is 37.6 Å². The minimum absolute atomic E-state index is 0.668. The van der Waals surface area contributed by atoms with Gasteiger partial charge in [0.15, 0.2) is 17.3 Å². The predicted molar refractivity (Wildman–Crippen MR) is 104 cm³/mol. The fourth-order valence-electron chi connectivity index (χ4n) is 3.00. The summed E-state index contributed by atoms with van der Waals surface area (Å²) in [5, 5.41) is 4.29. The number of benzene rings is 1. The van der Waals surface area contributed by atoms with Crippen molar-refractivity contribution >= 4 is 17.9 Å². The molecule has 1 aromatic heterocycles. The Hall–Kier alpha value is -2.83. The van der Waals surface area contributed by atoms with E-state index < -0.39 is 0 Å². The number of aromatic nitrogens is 2. The van der Waals surface area contributed by atoms with Crippen LogP contribution in [0.2, 0.25) is 0 Å². The standard InChI is InChI=1S/C19H25N5O2/c1-14-21-18(12-19(22-14)24-9-5-4-6-10-24)23-20-13-15-7-8-16(25-2)17(11-15)26-3/h7-8,11-13H,4-6,9-10H2,1-3H3,(H,21,22,23)/b20-13+. The van der Waals surface area contributed by atoms with Gasteiger partial charge in [0.2, 0.25) is 0 Å². The Morgan fingerprint density at radius 1 is 1.04 bits per heavy atom. The van der Waals surface area contributed by atoms with Crippen molar-refractivity contribution in [2.24, 2.45) is 5.10 Å². The van der Waals surface area contributed by atoms with Crippen molar-refractivity contribution in [3.8, 4) is 11.5 Å². The summed E-state index contributed by atoms with van der Waals surface area (Å²) in [6.07, 6.45) is 5.44. The summed E-state index contributed by atoms with van der Waals surface area (Å²) in [6, 6.07) is 7.58. The van der Waals surface area contributed by atoms with Crippen LogP contribution in [0.25, 0.3) is 0 Å². The molecule has 2 aromatic rings. The Bertz CT molecular complexity index is 773. The lowest BCUT2D eigenvalue weighted by atomic mass is 10.1. The number of rotatable bonds is 6. The van der Waals surface area contributed by atoms with Gasteiger partial charge in [-0.25, -0.2) is 9.97 Å². The highest BCUT2D eigenvalue weighted by molar-refractivity contribution is 5.81. The summed E-state index contributed by atoms with van der Waals surface area (Å²) in [4.78, 5) is 11.3. The number of nitrogens with one attached hydrogen (secondary N) is 1. The number of hydrogen-bond acceptors (Lipinski definition) is 7. The van der Waals surface area contributed by atoms with Crippen LogP contribution >= 0.6 is 0 Å². The van der Waals surface area contributed by atoms with E-state index in [9.17, 15) is 0 Å². The molecule has 0 spiro atoms. The first-order valence-corrected chi connectivity index (χ1v) is 8.81. The second kappa shape index (κ2) is 8.51. The first-order chi connectivity index (χ1) is 12.7. The van der Waals surface area contributed by atoms with Gasteiger partial charge < -0.3 is 14.4 Å². The lowest BCUT2D eigenvalue weighted by Gasteiger charge is -2.27. The number of hydrogen-bond donors (Lipinski definition) is 1. The number of nitrogens with zero attached hydrogens (tertiary/aromatic N) is 4. The van der Waals surface area contributed by atoms with E-state index in [1.807, 2.05) is 31.2 Å². The summed E-state index contributed by atoms with van der Waals surface area (Å²) < 4.78 is 10.5. The highest BCUT2D eigenvalue weighted by atomic mass is 16.5. The van der Waals surface area contributed by atoms with Crippen molar-refractivity contribution in [1.82, 2.24) is 9.97 Å². The van der Waals surface area contributed by atoms with E-state index in [0.717, 1.165) is 30.3 Å². The van der Waals surface area contributed by atoms with Gasteiger partial charge in [-0.3, -0.25) is 5.43 Å². The van der Waals surface area contributed by atoms with Crippen LogP contribution in [0.4, 0.5) is 11.6 Å². The number of aryl methyl sites for hydroxylation is 1. The lowest BCUT2D eigenvalue weighted by molar-refractivity contribution is 0.355. The lowest BCUT2D eigenvalue weighted by Crippen LogP contribution is -2.30. The zero-order chi connectivity index (χ0) is 18.4. The second-order valence-electron chi connectivity index (χ2n) is 6.19. The molecule has 3 rings (SSSR count). The largest absolute Gasteiger partial charge is 0.493 e. The van der Waals surface area contributed by atoms with Gasteiger partial charge in [0, 0.05) is 19.2 Å². The minimum Gasteiger partial charge on any atom is -0.493 e. The summed E-state index contributed by atoms with van der Waals surface area (Å²) in [5.41, 5.74) is 3.90. The van der Waals surface area contributed by atoms with Crippen LogP contribution in [0.3, 0.4) is 0 Å². The Morgan fingerprint density at radius 3 is 2.54 bits per heavy atom. The molecule has 0 atom stereocenters. The monoisotopic (exact) mass is 355 g/mol. The van der Waals surface area contributed by atoms with Crippen LogP contribution in [0.5, 0.6) is 11.5 Å². The molecule has 0 bridgehead atoms. The molecular formula is C19H25N5O2. The van der Waals surface area contributed by atoms with Crippen molar-refractivity contribution in [3.05, 3.63) is 35.7 Å².